The highest BCUT2D eigenvalue weighted by Gasteiger charge is 2.23. The van der Waals surface area contributed by atoms with E-state index in [0.29, 0.717) is 11.3 Å². The smallest absolute Gasteiger partial charge is 0.134 e. The molecule has 0 unspecified atom stereocenters. The minimum absolute atomic E-state index is 0.0907. The molecule has 0 atom stereocenters. The van der Waals surface area contributed by atoms with Crippen molar-refractivity contribution in [1.29, 1.82) is 0 Å². The van der Waals surface area contributed by atoms with E-state index >= 15 is 0 Å². The van der Waals surface area contributed by atoms with E-state index in [-0.39, 0.29) is 17.5 Å². The van der Waals surface area contributed by atoms with E-state index in [1.165, 1.54) is 13.2 Å². The van der Waals surface area contributed by atoms with E-state index in [0.717, 1.165) is 32.0 Å². The summed E-state index contributed by atoms with van der Waals surface area (Å²) in [5.41, 5.74) is 0.599. The van der Waals surface area contributed by atoms with Gasteiger partial charge in [0, 0.05) is 17.7 Å². The molecule has 0 spiro atoms. The molecule has 1 aromatic rings. The molecule has 2 rings (SSSR count). The van der Waals surface area contributed by atoms with Crippen molar-refractivity contribution in [3.63, 3.8) is 0 Å². The van der Waals surface area contributed by atoms with Gasteiger partial charge in [-0.15, -0.1) is 0 Å². The van der Waals surface area contributed by atoms with Gasteiger partial charge < -0.3 is 15.2 Å². The Morgan fingerprint density at radius 1 is 1.38 bits per heavy atom. The molecule has 1 saturated heterocycles. The van der Waals surface area contributed by atoms with Crippen LogP contribution < -0.4 is 10.1 Å². The number of methoxy groups -OCH3 is 1. The topological polar surface area (TPSA) is 41.5 Å². The molecule has 1 aromatic carbocycles. The third-order valence-corrected chi connectivity index (χ3v) is 3.04. The standard InChI is InChI=1S/C12H16FNO2/c1-16-11-7-9(15)6-10(13)12(11)8-2-4-14-5-3-8/h6-8,14-15H,2-5H2,1H3. The second kappa shape index (κ2) is 4.70. The lowest BCUT2D eigenvalue weighted by Gasteiger charge is -2.25. The van der Waals surface area contributed by atoms with Crippen LogP contribution in [-0.2, 0) is 0 Å². The fourth-order valence-electron chi connectivity index (χ4n) is 2.25. The highest BCUT2D eigenvalue weighted by Crippen LogP contribution is 2.36. The molecule has 1 aliphatic heterocycles. The number of phenolic OH excluding ortho intramolecular Hbond substituents is 1. The Kier molecular flexibility index (Phi) is 3.29. The van der Waals surface area contributed by atoms with Crippen molar-refractivity contribution in [2.45, 2.75) is 18.8 Å². The summed E-state index contributed by atoms with van der Waals surface area (Å²) in [5.74, 6) is 0.164. The summed E-state index contributed by atoms with van der Waals surface area (Å²) in [6, 6.07) is 2.63. The van der Waals surface area contributed by atoms with E-state index in [1.807, 2.05) is 0 Å². The third kappa shape index (κ3) is 2.11. The van der Waals surface area contributed by atoms with Crippen LogP contribution in [0.1, 0.15) is 24.3 Å². The van der Waals surface area contributed by atoms with Gasteiger partial charge in [0.25, 0.3) is 0 Å². The average Bonchev–Trinajstić information content (AvgIpc) is 2.29. The fourth-order valence-corrected chi connectivity index (χ4v) is 2.25. The maximum Gasteiger partial charge on any atom is 0.134 e. The molecule has 1 aliphatic rings. The van der Waals surface area contributed by atoms with Crippen LogP contribution in [0.5, 0.6) is 11.5 Å². The van der Waals surface area contributed by atoms with Gasteiger partial charge in [-0.05, 0) is 31.8 Å². The van der Waals surface area contributed by atoms with Gasteiger partial charge in [0.1, 0.15) is 17.3 Å². The van der Waals surface area contributed by atoms with E-state index < -0.39 is 0 Å². The number of benzene rings is 1. The number of ether oxygens (including phenoxy) is 1. The van der Waals surface area contributed by atoms with E-state index in [1.54, 1.807) is 0 Å². The minimum atomic E-state index is -0.372. The van der Waals surface area contributed by atoms with E-state index in [2.05, 4.69) is 5.32 Å². The van der Waals surface area contributed by atoms with Gasteiger partial charge in [-0.2, -0.15) is 0 Å². The first-order valence-corrected chi connectivity index (χ1v) is 5.49. The zero-order chi connectivity index (χ0) is 11.5. The summed E-state index contributed by atoms with van der Waals surface area (Å²) in [6.07, 6.45) is 1.80. The van der Waals surface area contributed by atoms with Crippen LogP contribution >= 0.6 is 0 Å². The molecule has 0 saturated carbocycles. The second-order valence-electron chi connectivity index (χ2n) is 4.07. The Morgan fingerprint density at radius 2 is 2.06 bits per heavy atom. The summed E-state index contributed by atoms with van der Waals surface area (Å²) < 4.78 is 19.0. The van der Waals surface area contributed by atoms with Gasteiger partial charge in [0.05, 0.1) is 7.11 Å². The quantitative estimate of drug-likeness (QED) is 0.809. The summed E-state index contributed by atoms with van der Waals surface area (Å²) in [6.45, 7) is 1.79. The molecular formula is C12H16FNO2. The fraction of sp³-hybridized carbons (Fsp3) is 0.500. The van der Waals surface area contributed by atoms with Crippen molar-refractivity contribution < 1.29 is 14.2 Å². The van der Waals surface area contributed by atoms with Crippen LogP contribution in [-0.4, -0.2) is 25.3 Å². The van der Waals surface area contributed by atoms with Crippen molar-refractivity contribution in [1.82, 2.24) is 5.32 Å². The molecule has 0 radical (unpaired) electrons. The summed E-state index contributed by atoms with van der Waals surface area (Å²) in [4.78, 5) is 0. The molecular weight excluding hydrogens is 209 g/mol. The summed E-state index contributed by atoms with van der Waals surface area (Å²) >= 11 is 0. The maximum absolute atomic E-state index is 13.8. The molecule has 0 aliphatic carbocycles. The zero-order valence-corrected chi connectivity index (χ0v) is 9.29. The third-order valence-electron chi connectivity index (χ3n) is 3.04. The van der Waals surface area contributed by atoms with Gasteiger partial charge in [0.15, 0.2) is 0 Å². The van der Waals surface area contributed by atoms with E-state index in [9.17, 15) is 9.50 Å². The van der Waals surface area contributed by atoms with Gasteiger partial charge in [-0.25, -0.2) is 4.39 Å². The van der Waals surface area contributed by atoms with Crippen LogP contribution in [0.25, 0.3) is 0 Å². The number of phenols is 1. The first-order chi connectivity index (χ1) is 7.72. The van der Waals surface area contributed by atoms with Crippen molar-refractivity contribution in [2.75, 3.05) is 20.2 Å². The number of piperidine rings is 1. The normalized spacial score (nSPS) is 17.4. The number of aromatic hydroxyl groups is 1. The number of rotatable bonds is 2. The first kappa shape index (κ1) is 11.2. The van der Waals surface area contributed by atoms with Crippen LogP contribution in [0.4, 0.5) is 4.39 Å². The molecule has 3 nitrogen and oxygen atoms in total. The number of hydrogen-bond donors (Lipinski definition) is 2. The monoisotopic (exact) mass is 225 g/mol. The Morgan fingerprint density at radius 3 is 2.69 bits per heavy atom. The molecule has 2 N–H and O–H groups in total. The summed E-state index contributed by atoms with van der Waals surface area (Å²) in [5, 5.41) is 12.6. The molecule has 0 amide bonds. The zero-order valence-electron chi connectivity index (χ0n) is 9.29. The SMILES string of the molecule is COc1cc(O)cc(F)c1C1CCNCC1. The molecule has 1 heterocycles. The van der Waals surface area contributed by atoms with Gasteiger partial charge in [0.2, 0.25) is 0 Å². The lowest BCUT2D eigenvalue weighted by Crippen LogP contribution is -2.27. The Balaban J connectivity index is 2.37. The van der Waals surface area contributed by atoms with Crippen molar-refractivity contribution in [3.05, 3.63) is 23.5 Å². The van der Waals surface area contributed by atoms with Gasteiger partial charge in [-0.3, -0.25) is 0 Å². The Bertz CT molecular complexity index is 376. The average molecular weight is 225 g/mol. The van der Waals surface area contributed by atoms with Crippen molar-refractivity contribution >= 4 is 0 Å². The molecule has 0 bridgehead atoms. The second-order valence-corrected chi connectivity index (χ2v) is 4.07. The number of hydrogen-bond acceptors (Lipinski definition) is 3. The molecule has 1 fully saturated rings. The lowest BCUT2D eigenvalue weighted by atomic mass is 9.89. The van der Waals surface area contributed by atoms with Crippen LogP contribution in [0, 0.1) is 5.82 Å². The number of nitrogens with one attached hydrogen (secondary N) is 1. The molecule has 16 heavy (non-hydrogen) atoms. The van der Waals surface area contributed by atoms with Crippen LogP contribution in [0.15, 0.2) is 12.1 Å². The molecule has 88 valence electrons. The molecule has 0 aromatic heterocycles. The highest BCUT2D eigenvalue weighted by atomic mass is 19.1. The highest BCUT2D eigenvalue weighted by molar-refractivity contribution is 5.43. The Labute approximate surface area is 94.2 Å². The summed E-state index contributed by atoms with van der Waals surface area (Å²) in [7, 11) is 1.50. The predicted octanol–water partition coefficient (Wildman–Crippen LogP) is 2.01. The maximum atomic E-state index is 13.8. The Hall–Kier alpha value is -1.29. The molecule has 4 heteroatoms. The van der Waals surface area contributed by atoms with Crippen LogP contribution in [0.2, 0.25) is 0 Å². The van der Waals surface area contributed by atoms with Crippen molar-refractivity contribution in [3.8, 4) is 11.5 Å². The van der Waals surface area contributed by atoms with Crippen LogP contribution in [0.3, 0.4) is 0 Å². The van der Waals surface area contributed by atoms with Crippen molar-refractivity contribution in [2.24, 2.45) is 0 Å². The largest absolute Gasteiger partial charge is 0.508 e. The first-order valence-electron chi connectivity index (χ1n) is 5.49. The van der Waals surface area contributed by atoms with Gasteiger partial charge >= 0.3 is 0 Å². The van der Waals surface area contributed by atoms with Gasteiger partial charge in [-0.1, -0.05) is 0 Å². The number of halogens is 1. The predicted molar refractivity (Wildman–Crippen MR) is 59.5 cm³/mol. The van der Waals surface area contributed by atoms with E-state index in [4.69, 9.17) is 4.74 Å². The minimum Gasteiger partial charge on any atom is -0.508 e. The lowest BCUT2D eigenvalue weighted by molar-refractivity contribution is 0.375.